The summed E-state index contributed by atoms with van der Waals surface area (Å²) in [6.45, 7) is 7.96. The number of nitrogens with one attached hydrogen (secondary N) is 1. The average Bonchev–Trinajstić information content (AvgIpc) is 2.88. The van der Waals surface area contributed by atoms with E-state index in [9.17, 15) is 22.4 Å². The molecule has 7 nitrogen and oxygen atoms in total. The first-order chi connectivity index (χ1) is 17.9. The van der Waals surface area contributed by atoms with Crippen LogP contribution in [0, 0.1) is 19.7 Å². The highest BCUT2D eigenvalue weighted by Gasteiger charge is 2.33. The maximum Gasteiger partial charge on any atom is 0.264 e. The summed E-state index contributed by atoms with van der Waals surface area (Å²) in [6.07, 6.45) is 0. The maximum atomic E-state index is 14.6. The molecule has 0 aliphatic rings. The molecule has 202 valence electrons. The van der Waals surface area contributed by atoms with Crippen LogP contribution in [-0.2, 0) is 26.2 Å². The molecule has 0 saturated carbocycles. The Morgan fingerprint density at radius 1 is 0.921 bits per heavy atom. The standard InChI is InChI=1S/C29H34FN3O4S/c1-20(2)31-29(35)23(5)32(18-24-11-9-10-14-26(24)30)28(34)19-33(27-17-21(3)15-16-22(27)4)38(36,37)25-12-7-6-8-13-25/h6-17,20,23H,18-19H2,1-5H3,(H,31,35). The monoisotopic (exact) mass is 539 g/mol. The molecule has 9 heteroatoms. The number of rotatable bonds is 10. The number of nitrogens with zero attached hydrogens (tertiary/aromatic N) is 2. The zero-order chi connectivity index (χ0) is 28.0. The number of hydrogen-bond donors (Lipinski definition) is 1. The molecule has 0 bridgehead atoms. The fourth-order valence-corrected chi connectivity index (χ4v) is 5.51. The van der Waals surface area contributed by atoms with Crippen LogP contribution in [0.3, 0.4) is 0 Å². The molecule has 0 saturated heterocycles. The molecule has 0 heterocycles. The molecule has 0 spiro atoms. The third-order valence-electron chi connectivity index (χ3n) is 6.14. The molecule has 0 aliphatic carbocycles. The van der Waals surface area contributed by atoms with Crippen LogP contribution in [0.15, 0.2) is 77.7 Å². The van der Waals surface area contributed by atoms with E-state index in [1.54, 1.807) is 64.1 Å². The van der Waals surface area contributed by atoms with E-state index in [1.165, 1.54) is 35.2 Å². The number of amides is 2. The maximum absolute atomic E-state index is 14.6. The molecular weight excluding hydrogens is 505 g/mol. The molecule has 1 atom stereocenters. The minimum atomic E-state index is -4.16. The molecule has 0 aliphatic heterocycles. The van der Waals surface area contributed by atoms with Crippen molar-refractivity contribution in [3.8, 4) is 0 Å². The Bertz CT molecular complexity index is 1390. The van der Waals surface area contributed by atoms with Crippen LogP contribution in [0.25, 0.3) is 0 Å². The van der Waals surface area contributed by atoms with Gasteiger partial charge in [-0.25, -0.2) is 12.8 Å². The van der Waals surface area contributed by atoms with Gasteiger partial charge in [-0.1, -0.05) is 48.5 Å². The highest BCUT2D eigenvalue weighted by atomic mass is 32.2. The highest BCUT2D eigenvalue weighted by Crippen LogP contribution is 2.28. The topological polar surface area (TPSA) is 86.8 Å². The number of hydrogen-bond acceptors (Lipinski definition) is 4. The van der Waals surface area contributed by atoms with E-state index >= 15 is 0 Å². The van der Waals surface area contributed by atoms with Crippen molar-refractivity contribution in [2.75, 3.05) is 10.8 Å². The van der Waals surface area contributed by atoms with Crippen LogP contribution in [0.4, 0.5) is 10.1 Å². The quantitative estimate of drug-likeness (QED) is 0.409. The van der Waals surface area contributed by atoms with E-state index in [4.69, 9.17) is 0 Å². The van der Waals surface area contributed by atoms with Gasteiger partial charge in [-0.3, -0.25) is 13.9 Å². The summed E-state index contributed by atoms with van der Waals surface area (Å²) < 4.78 is 43.3. The minimum Gasteiger partial charge on any atom is -0.352 e. The van der Waals surface area contributed by atoms with Crippen molar-refractivity contribution in [1.82, 2.24) is 10.2 Å². The van der Waals surface area contributed by atoms with Crippen molar-refractivity contribution in [2.45, 2.75) is 58.1 Å². The predicted molar refractivity (Wildman–Crippen MR) is 147 cm³/mol. The Labute approximate surface area is 224 Å². The number of halogens is 1. The zero-order valence-electron chi connectivity index (χ0n) is 22.3. The van der Waals surface area contributed by atoms with Gasteiger partial charge in [-0.05, 0) is 70.0 Å². The average molecular weight is 540 g/mol. The van der Waals surface area contributed by atoms with Gasteiger partial charge in [0, 0.05) is 18.2 Å². The van der Waals surface area contributed by atoms with Gasteiger partial charge in [-0.15, -0.1) is 0 Å². The summed E-state index contributed by atoms with van der Waals surface area (Å²) in [7, 11) is -4.16. The first kappa shape index (κ1) is 28.8. The van der Waals surface area contributed by atoms with Gasteiger partial charge in [-0.2, -0.15) is 0 Å². The van der Waals surface area contributed by atoms with Crippen LogP contribution in [-0.4, -0.2) is 43.8 Å². The van der Waals surface area contributed by atoms with Gasteiger partial charge >= 0.3 is 0 Å². The van der Waals surface area contributed by atoms with Gasteiger partial charge in [0.15, 0.2) is 0 Å². The van der Waals surface area contributed by atoms with Gasteiger partial charge < -0.3 is 10.2 Å². The number of aryl methyl sites for hydroxylation is 2. The van der Waals surface area contributed by atoms with Gasteiger partial charge in [0.05, 0.1) is 10.6 Å². The lowest BCUT2D eigenvalue weighted by atomic mass is 10.1. The largest absolute Gasteiger partial charge is 0.352 e. The van der Waals surface area contributed by atoms with Crippen molar-refractivity contribution < 1.29 is 22.4 Å². The Balaban J connectivity index is 2.08. The molecule has 1 N–H and O–H groups in total. The number of carbonyl (C=O) groups is 2. The van der Waals surface area contributed by atoms with Crippen molar-refractivity contribution in [2.24, 2.45) is 0 Å². The molecule has 3 aromatic rings. The van der Waals surface area contributed by atoms with E-state index < -0.39 is 40.2 Å². The molecule has 0 aromatic heterocycles. The van der Waals surface area contributed by atoms with Crippen molar-refractivity contribution in [3.63, 3.8) is 0 Å². The second kappa shape index (κ2) is 12.2. The summed E-state index contributed by atoms with van der Waals surface area (Å²) in [5, 5.41) is 2.78. The minimum absolute atomic E-state index is 0.0277. The summed E-state index contributed by atoms with van der Waals surface area (Å²) in [4.78, 5) is 28.0. The summed E-state index contributed by atoms with van der Waals surface area (Å²) in [5.41, 5.74) is 2.05. The Morgan fingerprint density at radius 3 is 2.18 bits per heavy atom. The Morgan fingerprint density at radius 2 is 1.55 bits per heavy atom. The molecule has 0 radical (unpaired) electrons. The molecule has 1 unspecified atom stereocenters. The molecular formula is C29H34FN3O4S. The molecule has 0 fully saturated rings. The Kier molecular flexibility index (Phi) is 9.27. The van der Waals surface area contributed by atoms with E-state index in [0.717, 1.165) is 9.87 Å². The summed E-state index contributed by atoms with van der Waals surface area (Å²) in [6, 6.07) is 18.0. The predicted octanol–water partition coefficient (Wildman–Crippen LogP) is 4.58. The van der Waals surface area contributed by atoms with Crippen LogP contribution in [0.5, 0.6) is 0 Å². The van der Waals surface area contributed by atoms with E-state index in [-0.39, 0.29) is 23.0 Å². The van der Waals surface area contributed by atoms with Gasteiger partial charge in [0.2, 0.25) is 11.8 Å². The van der Waals surface area contributed by atoms with E-state index in [0.29, 0.717) is 11.3 Å². The van der Waals surface area contributed by atoms with Crippen LogP contribution < -0.4 is 9.62 Å². The molecule has 38 heavy (non-hydrogen) atoms. The van der Waals surface area contributed by atoms with Gasteiger partial charge in [0.25, 0.3) is 10.0 Å². The fourth-order valence-electron chi connectivity index (χ4n) is 4.02. The van der Waals surface area contributed by atoms with Crippen molar-refractivity contribution in [3.05, 3.63) is 95.3 Å². The summed E-state index contributed by atoms with van der Waals surface area (Å²) >= 11 is 0. The molecule has 3 aromatic carbocycles. The van der Waals surface area contributed by atoms with Crippen molar-refractivity contribution in [1.29, 1.82) is 0 Å². The van der Waals surface area contributed by atoms with Crippen LogP contribution in [0.1, 0.15) is 37.5 Å². The lowest BCUT2D eigenvalue weighted by molar-refractivity contribution is -0.139. The zero-order valence-corrected chi connectivity index (χ0v) is 23.1. The molecule has 3 rings (SSSR count). The first-order valence-corrected chi connectivity index (χ1v) is 13.8. The highest BCUT2D eigenvalue weighted by molar-refractivity contribution is 7.92. The van der Waals surface area contributed by atoms with Crippen LogP contribution >= 0.6 is 0 Å². The molecule has 2 amide bonds. The second-order valence-corrected chi connectivity index (χ2v) is 11.4. The smallest absolute Gasteiger partial charge is 0.264 e. The summed E-state index contributed by atoms with van der Waals surface area (Å²) in [5.74, 6) is -1.58. The number of carbonyl (C=O) groups excluding carboxylic acids is 2. The first-order valence-electron chi connectivity index (χ1n) is 12.4. The van der Waals surface area contributed by atoms with E-state index in [2.05, 4.69) is 5.32 Å². The fraction of sp³-hybridized carbons (Fsp3) is 0.310. The SMILES string of the molecule is Cc1ccc(C)c(N(CC(=O)N(Cc2ccccc2F)C(C)C(=O)NC(C)C)S(=O)(=O)c2ccccc2)c1. The number of anilines is 1. The normalized spacial score (nSPS) is 12.2. The number of sulfonamides is 1. The Hall–Kier alpha value is -3.72. The third-order valence-corrected chi connectivity index (χ3v) is 7.91. The third kappa shape index (κ3) is 6.77. The van der Waals surface area contributed by atoms with Gasteiger partial charge in [0.1, 0.15) is 18.4 Å². The van der Waals surface area contributed by atoms with Crippen LogP contribution in [0.2, 0.25) is 0 Å². The van der Waals surface area contributed by atoms with E-state index in [1.807, 2.05) is 13.0 Å². The second-order valence-electron chi connectivity index (χ2n) is 9.57. The lowest BCUT2D eigenvalue weighted by Gasteiger charge is -2.33. The number of benzene rings is 3. The van der Waals surface area contributed by atoms with Crippen molar-refractivity contribution >= 4 is 27.5 Å². The lowest BCUT2D eigenvalue weighted by Crippen LogP contribution is -2.52.